The number of phenols is 1. The van der Waals surface area contributed by atoms with Crippen LogP contribution in [0.15, 0.2) is 36.7 Å². The van der Waals surface area contributed by atoms with E-state index in [0.717, 1.165) is 24.0 Å². The van der Waals surface area contributed by atoms with Crippen molar-refractivity contribution in [3.63, 3.8) is 0 Å². The van der Waals surface area contributed by atoms with E-state index in [2.05, 4.69) is 4.98 Å². The van der Waals surface area contributed by atoms with Crippen LogP contribution in [0.3, 0.4) is 0 Å². The smallest absolute Gasteiger partial charge is 0.417 e. The molecule has 2 aromatic rings. The van der Waals surface area contributed by atoms with Crippen LogP contribution in [0.2, 0.25) is 0 Å². The molecule has 0 amide bonds. The number of nitrogens with zero attached hydrogens (tertiary/aromatic N) is 1. The van der Waals surface area contributed by atoms with Gasteiger partial charge in [-0.1, -0.05) is 26.8 Å². The molecule has 112 valence electrons. The van der Waals surface area contributed by atoms with Crippen LogP contribution in [-0.2, 0) is 11.6 Å². The van der Waals surface area contributed by atoms with E-state index in [0.29, 0.717) is 0 Å². The minimum absolute atomic E-state index is 0.117. The third kappa shape index (κ3) is 3.17. The lowest BCUT2D eigenvalue weighted by Crippen LogP contribution is -2.11. The molecular formula is C16H16F3NO. The fraction of sp³-hybridized carbons (Fsp3) is 0.312. The fourth-order valence-corrected chi connectivity index (χ4v) is 2.07. The van der Waals surface area contributed by atoms with Gasteiger partial charge in [0.1, 0.15) is 5.75 Å². The normalized spacial score (nSPS) is 12.5. The van der Waals surface area contributed by atoms with Gasteiger partial charge in [0, 0.05) is 23.5 Å². The topological polar surface area (TPSA) is 33.1 Å². The molecule has 0 spiro atoms. The predicted octanol–water partition coefficient (Wildman–Crippen LogP) is 4.77. The van der Waals surface area contributed by atoms with Crippen molar-refractivity contribution in [2.45, 2.75) is 32.4 Å². The number of halogens is 3. The van der Waals surface area contributed by atoms with Crippen LogP contribution >= 0.6 is 0 Å². The van der Waals surface area contributed by atoms with Gasteiger partial charge in [0.15, 0.2) is 0 Å². The maximum Gasteiger partial charge on any atom is 0.417 e. The van der Waals surface area contributed by atoms with E-state index < -0.39 is 11.7 Å². The van der Waals surface area contributed by atoms with Crippen LogP contribution in [0.5, 0.6) is 5.75 Å². The molecule has 0 atom stereocenters. The highest BCUT2D eigenvalue weighted by atomic mass is 19.4. The summed E-state index contributed by atoms with van der Waals surface area (Å²) in [7, 11) is 0. The number of hydrogen-bond donors (Lipinski definition) is 1. The number of benzene rings is 1. The summed E-state index contributed by atoms with van der Waals surface area (Å²) in [6, 6.07) is 5.63. The second-order valence-electron chi connectivity index (χ2n) is 5.90. The summed E-state index contributed by atoms with van der Waals surface area (Å²) in [5.41, 5.74) is -0.175. The van der Waals surface area contributed by atoms with Gasteiger partial charge in [-0.2, -0.15) is 13.2 Å². The Labute approximate surface area is 121 Å². The van der Waals surface area contributed by atoms with Crippen LogP contribution in [0.4, 0.5) is 13.2 Å². The third-order valence-electron chi connectivity index (χ3n) is 3.28. The molecule has 2 rings (SSSR count). The van der Waals surface area contributed by atoms with Crippen molar-refractivity contribution in [3.8, 4) is 16.9 Å². The highest BCUT2D eigenvalue weighted by Gasteiger charge is 2.34. The first-order chi connectivity index (χ1) is 9.60. The predicted molar refractivity (Wildman–Crippen MR) is 75.0 cm³/mol. The molecule has 1 heterocycles. The number of pyridine rings is 1. The fourth-order valence-electron chi connectivity index (χ4n) is 2.07. The summed E-state index contributed by atoms with van der Waals surface area (Å²) in [5, 5.41) is 9.95. The van der Waals surface area contributed by atoms with Gasteiger partial charge in [-0.25, -0.2) is 0 Å². The highest BCUT2D eigenvalue weighted by Crippen LogP contribution is 2.40. The molecule has 0 bridgehead atoms. The Morgan fingerprint density at radius 2 is 1.67 bits per heavy atom. The molecule has 1 aromatic heterocycles. The zero-order valence-corrected chi connectivity index (χ0v) is 12.0. The zero-order chi connectivity index (χ0) is 15.8. The molecule has 21 heavy (non-hydrogen) atoms. The molecule has 5 heteroatoms. The lowest BCUT2D eigenvalue weighted by Gasteiger charge is -2.21. The molecule has 0 saturated heterocycles. The van der Waals surface area contributed by atoms with E-state index >= 15 is 0 Å². The van der Waals surface area contributed by atoms with Crippen LogP contribution < -0.4 is 0 Å². The lowest BCUT2D eigenvalue weighted by molar-refractivity contribution is -0.137. The highest BCUT2D eigenvalue weighted by molar-refractivity contribution is 5.73. The minimum atomic E-state index is -4.50. The van der Waals surface area contributed by atoms with Crippen molar-refractivity contribution in [2.75, 3.05) is 0 Å². The molecule has 0 aliphatic rings. The van der Waals surface area contributed by atoms with Crippen LogP contribution in [-0.4, -0.2) is 10.1 Å². The number of aromatic nitrogens is 1. The quantitative estimate of drug-likeness (QED) is 0.822. The van der Waals surface area contributed by atoms with Gasteiger partial charge in [-0.3, -0.25) is 4.98 Å². The molecule has 0 unspecified atom stereocenters. The van der Waals surface area contributed by atoms with Crippen molar-refractivity contribution in [1.29, 1.82) is 0 Å². The van der Waals surface area contributed by atoms with Crippen LogP contribution in [0.25, 0.3) is 11.1 Å². The molecule has 2 nitrogen and oxygen atoms in total. The molecule has 1 aromatic carbocycles. The van der Waals surface area contributed by atoms with Gasteiger partial charge >= 0.3 is 6.18 Å². The summed E-state index contributed by atoms with van der Waals surface area (Å²) in [4.78, 5) is 3.76. The number of hydrogen-bond acceptors (Lipinski definition) is 2. The Morgan fingerprint density at radius 3 is 2.24 bits per heavy atom. The van der Waals surface area contributed by atoms with E-state index in [9.17, 15) is 18.3 Å². The Bertz CT molecular complexity index is 657. The van der Waals surface area contributed by atoms with Crippen molar-refractivity contribution < 1.29 is 18.3 Å². The second kappa shape index (κ2) is 5.06. The van der Waals surface area contributed by atoms with Crippen molar-refractivity contribution in [2.24, 2.45) is 0 Å². The average Bonchev–Trinajstić information content (AvgIpc) is 2.37. The number of rotatable bonds is 1. The maximum absolute atomic E-state index is 13.1. The van der Waals surface area contributed by atoms with E-state index in [4.69, 9.17) is 0 Å². The second-order valence-corrected chi connectivity index (χ2v) is 5.90. The Kier molecular flexibility index (Phi) is 3.70. The number of phenolic OH excluding ortho intramolecular Hbond substituents is 1. The molecular weight excluding hydrogens is 279 g/mol. The van der Waals surface area contributed by atoms with Crippen molar-refractivity contribution in [1.82, 2.24) is 4.98 Å². The molecule has 0 aliphatic carbocycles. The zero-order valence-electron chi connectivity index (χ0n) is 12.0. The first-order valence-corrected chi connectivity index (χ1v) is 6.46. The first-order valence-electron chi connectivity index (χ1n) is 6.46. The first kappa shape index (κ1) is 15.4. The van der Waals surface area contributed by atoms with Gasteiger partial charge in [0.05, 0.1) is 5.56 Å². The van der Waals surface area contributed by atoms with Gasteiger partial charge < -0.3 is 5.11 Å². The monoisotopic (exact) mass is 295 g/mol. The molecule has 0 aliphatic heterocycles. The summed E-state index contributed by atoms with van der Waals surface area (Å²) < 4.78 is 39.3. The summed E-state index contributed by atoms with van der Waals surface area (Å²) in [6.07, 6.45) is -2.27. The SMILES string of the molecule is CC(C)(C)c1ccc(O)c(-c2cnccc2C(F)(F)F)c1. The summed E-state index contributed by atoms with van der Waals surface area (Å²) in [5.74, 6) is -0.193. The van der Waals surface area contributed by atoms with Gasteiger partial charge in [0.25, 0.3) is 0 Å². The lowest BCUT2D eigenvalue weighted by atomic mass is 9.85. The Balaban J connectivity index is 2.68. The average molecular weight is 295 g/mol. The maximum atomic E-state index is 13.1. The molecule has 0 fully saturated rings. The minimum Gasteiger partial charge on any atom is -0.507 e. The number of alkyl halides is 3. The standard InChI is InChI=1S/C16H16F3NO/c1-15(2,3)10-4-5-14(21)11(8-10)12-9-20-7-6-13(12)16(17,18)19/h4-9,21H,1-3H3. The largest absolute Gasteiger partial charge is 0.507 e. The Hall–Kier alpha value is -2.04. The van der Waals surface area contributed by atoms with Gasteiger partial charge in [-0.15, -0.1) is 0 Å². The molecule has 0 radical (unpaired) electrons. The third-order valence-corrected chi connectivity index (χ3v) is 3.28. The van der Waals surface area contributed by atoms with Crippen molar-refractivity contribution in [3.05, 3.63) is 47.8 Å². The Morgan fingerprint density at radius 1 is 1.00 bits per heavy atom. The van der Waals surface area contributed by atoms with Crippen molar-refractivity contribution >= 4 is 0 Å². The number of aromatic hydroxyl groups is 1. The van der Waals surface area contributed by atoms with E-state index in [-0.39, 0.29) is 22.3 Å². The van der Waals surface area contributed by atoms with E-state index in [1.807, 2.05) is 20.8 Å². The van der Waals surface area contributed by atoms with Crippen LogP contribution in [0, 0.1) is 0 Å². The molecule has 1 N–H and O–H groups in total. The van der Waals surface area contributed by atoms with E-state index in [1.54, 1.807) is 12.1 Å². The molecule has 0 saturated carbocycles. The van der Waals surface area contributed by atoms with Gasteiger partial charge in [0.2, 0.25) is 0 Å². The van der Waals surface area contributed by atoms with Gasteiger partial charge in [-0.05, 0) is 29.2 Å². The summed E-state index contributed by atoms with van der Waals surface area (Å²) in [6.45, 7) is 5.87. The summed E-state index contributed by atoms with van der Waals surface area (Å²) >= 11 is 0. The van der Waals surface area contributed by atoms with Crippen LogP contribution in [0.1, 0.15) is 31.9 Å². The van der Waals surface area contributed by atoms with E-state index in [1.165, 1.54) is 6.07 Å².